The summed E-state index contributed by atoms with van der Waals surface area (Å²) < 4.78 is 29.5. The molecule has 0 saturated carbocycles. The molecule has 0 aliphatic carbocycles. The van der Waals surface area contributed by atoms with Gasteiger partial charge in [0.25, 0.3) is 0 Å². The van der Waals surface area contributed by atoms with Gasteiger partial charge in [-0.15, -0.1) is 0 Å². The Kier molecular flexibility index (Phi) is 3.10. The summed E-state index contributed by atoms with van der Waals surface area (Å²) in [6.45, 7) is 8.56. The first-order valence-electron chi connectivity index (χ1n) is 5.36. The van der Waals surface area contributed by atoms with Crippen LogP contribution in [0.2, 0.25) is 0 Å². The molecule has 0 fully saturated rings. The summed E-state index contributed by atoms with van der Waals surface area (Å²) in [6, 6.07) is 1.26. The summed E-state index contributed by atoms with van der Waals surface area (Å²) in [4.78, 5) is 4.03. The second-order valence-electron chi connectivity index (χ2n) is 3.91. The Bertz CT molecular complexity index is 665. The van der Waals surface area contributed by atoms with Crippen LogP contribution < -0.4 is 0 Å². The third-order valence-electron chi connectivity index (χ3n) is 2.60. The highest BCUT2D eigenvalue weighted by molar-refractivity contribution is 5.84. The molecule has 0 unspecified atom stereocenters. The lowest BCUT2D eigenvalue weighted by Crippen LogP contribution is -1.97. The standard InChI is InChI=1S/C14H12F2N2/c1-4-10(13(16)9(2)3)12-11(15)5-7-18-8-6-17-14(12)18/h4-8H,1-2H2,3H3/b13-10-. The molecular weight excluding hydrogens is 234 g/mol. The van der Waals surface area contributed by atoms with Crippen LogP contribution in [0.25, 0.3) is 11.2 Å². The topological polar surface area (TPSA) is 17.3 Å². The van der Waals surface area contributed by atoms with Gasteiger partial charge in [-0.05, 0) is 18.6 Å². The van der Waals surface area contributed by atoms with Gasteiger partial charge in [-0.25, -0.2) is 13.8 Å². The number of aromatic nitrogens is 2. The van der Waals surface area contributed by atoms with Crippen LogP contribution in [0.15, 0.2) is 55.3 Å². The molecule has 0 N–H and O–H groups in total. The van der Waals surface area contributed by atoms with Crippen molar-refractivity contribution in [2.75, 3.05) is 0 Å². The molecule has 2 rings (SSSR count). The van der Waals surface area contributed by atoms with Crippen molar-refractivity contribution in [2.24, 2.45) is 0 Å². The summed E-state index contributed by atoms with van der Waals surface area (Å²) in [5.74, 6) is -1.12. The minimum absolute atomic E-state index is 0.0665. The second-order valence-corrected chi connectivity index (χ2v) is 3.91. The van der Waals surface area contributed by atoms with Crippen molar-refractivity contribution in [1.29, 1.82) is 0 Å². The molecule has 0 radical (unpaired) electrons. The van der Waals surface area contributed by atoms with E-state index < -0.39 is 11.6 Å². The lowest BCUT2D eigenvalue weighted by atomic mass is 10.0. The molecule has 0 saturated heterocycles. The monoisotopic (exact) mass is 246 g/mol. The van der Waals surface area contributed by atoms with Crippen molar-refractivity contribution in [3.8, 4) is 0 Å². The van der Waals surface area contributed by atoms with E-state index in [-0.39, 0.29) is 16.7 Å². The first kappa shape index (κ1) is 12.2. The normalized spacial score (nSPS) is 12.4. The molecule has 2 aromatic rings. The molecule has 0 aliphatic heterocycles. The van der Waals surface area contributed by atoms with Crippen LogP contribution in [0.4, 0.5) is 8.78 Å². The SMILES string of the molecule is C=C/C(=C(/F)C(=C)C)c1c(F)ccn2ccnc12. The van der Waals surface area contributed by atoms with E-state index in [4.69, 9.17) is 0 Å². The zero-order valence-corrected chi connectivity index (χ0v) is 9.95. The Morgan fingerprint density at radius 3 is 2.78 bits per heavy atom. The van der Waals surface area contributed by atoms with Crippen LogP contribution in [0.5, 0.6) is 0 Å². The van der Waals surface area contributed by atoms with Gasteiger partial charge in [0.1, 0.15) is 17.3 Å². The molecule has 0 amide bonds. The summed E-state index contributed by atoms with van der Waals surface area (Å²) in [7, 11) is 0. The fraction of sp³-hybridized carbons (Fsp3) is 0.0714. The highest BCUT2D eigenvalue weighted by Gasteiger charge is 2.16. The van der Waals surface area contributed by atoms with Gasteiger partial charge >= 0.3 is 0 Å². The maximum Gasteiger partial charge on any atom is 0.147 e. The Balaban J connectivity index is 2.84. The van der Waals surface area contributed by atoms with Gasteiger partial charge in [-0.1, -0.05) is 19.2 Å². The molecule has 0 aliphatic rings. The largest absolute Gasteiger partial charge is 0.306 e. The van der Waals surface area contributed by atoms with Crippen molar-refractivity contribution in [3.05, 3.63) is 66.7 Å². The Morgan fingerprint density at radius 1 is 1.44 bits per heavy atom. The van der Waals surface area contributed by atoms with Gasteiger partial charge in [0, 0.05) is 24.2 Å². The van der Waals surface area contributed by atoms with Crippen molar-refractivity contribution < 1.29 is 8.78 Å². The lowest BCUT2D eigenvalue weighted by Gasteiger charge is -2.08. The third kappa shape index (κ3) is 1.86. The van der Waals surface area contributed by atoms with Crippen LogP contribution >= 0.6 is 0 Å². The molecule has 4 heteroatoms. The van der Waals surface area contributed by atoms with E-state index in [1.54, 1.807) is 10.6 Å². The molecule has 2 aromatic heterocycles. The smallest absolute Gasteiger partial charge is 0.147 e. The minimum Gasteiger partial charge on any atom is -0.306 e. The quantitative estimate of drug-likeness (QED) is 0.750. The van der Waals surface area contributed by atoms with Crippen molar-refractivity contribution in [2.45, 2.75) is 6.92 Å². The number of allylic oxidation sites excluding steroid dienone is 4. The number of rotatable bonds is 3. The fourth-order valence-corrected chi connectivity index (χ4v) is 1.74. The molecule has 2 heterocycles. The van der Waals surface area contributed by atoms with E-state index in [1.165, 1.54) is 31.5 Å². The number of pyridine rings is 1. The maximum absolute atomic E-state index is 14.0. The number of nitrogens with zero attached hydrogens (tertiary/aromatic N) is 2. The van der Waals surface area contributed by atoms with Gasteiger partial charge in [0.05, 0.1) is 5.56 Å². The van der Waals surface area contributed by atoms with Gasteiger partial charge in [-0.2, -0.15) is 0 Å². The predicted molar refractivity (Wildman–Crippen MR) is 68.2 cm³/mol. The highest BCUT2D eigenvalue weighted by Crippen LogP contribution is 2.29. The molecule has 0 spiro atoms. The highest BCUT2D eigenvalue weighted by atomic mass is 19.1. The first-order valence-corrected chi connectivity index (χ1v) is 5.36. The summed E-state index contributed by atoms with van der Waals surface area (Å²) in [5, 5.41) is 0. The van der Waals surface area contributed by atoms with Gasteiger partial charge in [0.15, 0.2) is 0 Å². The van der Waals surface area contributed by atoms with Gasteiger partial charge in [-0.3, -0.25) is 0 Å². The van der Waals surface area contributed by atoms with E-state index in [1.807, 2.05) is 0 Å². The van der Waals surface area contributed by atoms with Gasteiger partial charge in [0.2, 0.25) is 0 Å². The van der Waals surface area contributed by atoms with E-state index >= 15 is 0 Å². The Hall–Kier alpha value is -2.23. The maximum atomic E-state index is 14.0. The number of hydrogen-bond acceptors (Lipinski definition) is 1. The van der Waals surface area contributed by atoms with Crippen molar-refractivity contribution in [1.82, 2.24) is 9.38 Å². The van der Waals surface area contributed by atoms with Crippen LogP contribution in [0, 0.1) is 5.82 Å². The van der Waals surface area contributed by atoms with Gasteiger partial charge < -0.3 is 4.40 Å². The number of halogens is 2. The van der Waals surface area contributed by atoms with Crippen LogP contribution in [0.3, 0.4) is 0 Å². The molecule has 2 nitrogen and oxygen atoms in total. The fourth-order valence-electron chi connectivity index (χ4n) is 1.74. The van der Waals surface area contributed by atoms with Crippen LogP contribution in [-0.2, 0) is 0 Å². The molecule has 18 heavy (non-hydrogen) atoms. The number of fused-ring (bicyclic) bond motifs is 1. The average Bonchev–Trinajstić information content (AvgIpc) is 2.80. The average molecular weight is 246 g/mol. The number of imidazole rings is 1. The van der Waals surface area contributed by atoms with Crippen LogP contribution in [0.1, 0.15) is 12.5 Å². The Morgan fingerprint density at radius 2 is 2.17 bits per heavy atom. The molecule has 0 bridgehead atoms. The third-order valence-corrected chi connectivity index (χ3v) is 2.60. The van der Waals surface area contributed by atoms with Crippen molar-refractivity contribution in [3.63, 3.8) is 0 Å². The Labute approximate surface area is 104 Å². The molecule has 92 valence electrons. The zero-order chi connectivity index (χ0) is 13.3. The van der Waals surface area contributed by atoms with Crippen molar-refractivity contribution >= 4 is 11.2 Å². The molecule has 0 atom stereocenters. The summed E-state index contributed by atoms with van der Waals surface area (Å²) in [5.41, 5.74) is 0.731. The van der Waals surface area contributed by atoms with E-state index in [9.17, 15) is 8.78 Å². The number of hydrogen-bond donors (Lipinski definition) is 0. The van der Waals surface area contributed by atoms with E-state index in [0.29, 0.717) is 5.65 Å². The summed E-state index contributed by atoms with van der Waals surface area (Å²) >= 11 is 0. The molecular formula is C14H12F2N2. The molecule has 0 aromatic carbocycles. The van der Waals surface area contributed by atoms with Crippen LogP contribution in [-0.4, -0.2) is 9.38 Å². The lowest BCUT2D eigenvalue weighted by molar-refractivity contribution is 0.618. The second kappa shape index (κ2) is 4.56. The summed E-state index contributed by atoms with van der Waals surface area (Å²) in [6.07, 6.45) is 5.99. The predicted octanol–water partition coefficient (Wildman–Crippen LogP) is 3.92. The van der Waals surface area contributed by atoms with E-state index in [0.717, 1.165) is 0 Å². The minimum atomic E-state index is -0.583. The zero-order valence-electron chi connectivity index (χ0n) is 9.95. The van der Waals surface area contributed by atoms with E-state index in [2.05, 4.69) is 18.1 Å². The first-order chi connectivity index (χ1) is 8.56.